The lowest BCUT2D eigenvalue weighted by atomic mass is 10.3. The van der Waals surface area contributed by atoms with Crippen molar-refractivity contribution in [3.05, 3.63) is 35.7 Å². The van der Waals surface area contributed by atoms with Crippen LogP contribution in [-0.2, 0) is 0 Å². The minimum atomic E-state index is 0.256. The quantitative estimate of drug-likeness (QED) is 0.694. The van der Waals surface area contributed by atoms with Gasteiger partial charge in [-0.2, -0.15) is 0 Å². The van der Waals surface area contributed by atoms with E-state index in [1.165, 1.54) is 0 Å². The summed E-state index contributed by atoms with van der Waals surface area (Å²) in [5.74, 6) is 0.256. The van der Waals surface area contributed by atoms with Crippen molar-refractivity contribution in [2.75, 3.05) is 0 Å². The highest BCUT2D eigenvalue weighted by Crippen LogP contribution is 2.35. The zero-order valence-electron chi connectivity index (χ0n) is 7.68. The summed E-state index contributed by atoms with van der Waals surface area (Å²) in [4.78, 5) is 5.58. The van der Waals surface area contributed by atoms with Crippen LogP contribution in [0.25, 0.3) is 20.1 Å². The molecule has 0 unspecified atom stereocenters. The first kappa shape index (κ1) is 8.88. The van der Waals surface area contributed by atoms with Gasteiger partial charge in [0.2, 0.25) is 0 Å². The third kappa shape index (κ3) is 1.42. The fourth-order valence-corrected chi connectivity index (χ4v) is 3.22. The van der Waals surface area contributed by atoms with E-state index in [9.17, 15) is 5.11 Å². The van der Waals surface area contributed by atoms with E-state index >= 15 is 0 Å². The molecule has 0 saturated heterocycles. The van der Waals surface area contributed by atoms with Gasteiger partial charge in [0.25, 0.3) is 0 Å². The summed E-state index contributed by atoms with van der Waals surface area (Å²) in [5, 5.41) is 12.6. The van der Waals surface area contributed by atoms with Crippen molar-refractivity contribution in [2.45, 2.75) is 0 Å². The number of hydrogen-bond acceptors (Lipinski definition) is 4. The van der Waals surface area contributed by atoms with E-state index in [0.29, 0.717) is 5.52 Å². The maximum Gasteiger partial charge on any atom is 0.142 e. The van der Waals surface area contributed by atoms with Gasteiger partial charge in [-0.15, -0.1) is 22.7 Å². The fraction of sp³-hybridized carbons (Fsp3) is 0. The third-order valence-electron chi connectivity index (χ3n) is 2.13. The molecule has 1 N–H and O–H groups in total. The first-order chi connectivity index (χ1) is 7.34. The molecule has 0 amide bonds. The van der Waals surface area contributed by atoms with Gasteiger partial charge in [0, 0.05) is 0 Å². The maximum absolute atomic E-state index is 9.63. The lowest BCUT2D eigenvalue weighted by Gasteiger charge is -1.89. The number of phenolic OH excluding ortho intramolecular Hbond substituents is 1. The molecule has 74 valence electrons. The molecule has 0 fully saturated rings. The second kappa shape index (κ2) is 3.32. The Kier molecular flexibility index (Phi) is 1.97. The smallest absolute Gasteiger partial charge is 0.142 e. The van der Waals surface area contributed by atoms with E-state index in [1.54, 1.807) is 28.7 Å². The van der Waals surface area contributed by atoms with Gasteiger partial charge < -0.3 is 5.11 Å². The summed E-state index contributed by atoms with van der Waals surface area (Å²) in [7, 11) is 0. The molecule has 4 heteroatoms. The molecule has 0 spiro atoms. The van der Waals surface area contributed by atoms with Crippen LogP contribution < -0.4 is 0 Å². The molecule has 3 aromatic rings. The van der Waals surface area contributed by atoms with Crippen molar-refractivity contribution in [3.8, 4) is 15.6 Å². The molecule has 3 rings (SSSR count). The van der Waals surface area contributed by atoms with Gasteiger partial charge in [-0.25, -0.2) is 4.98 Å². The highest BCUT2D eigenvalue weighted by Gasteiger charge is 2.09. The molecule has 0 radical (unpaired) electrons. The molecule has 0 aliphatic rings. The molecule has 1 aromatic carbocycles. The molecule has 2 nitrogen and oxygen atoms in total. The highest BCUT2D eigenvalue weighted by atomic mass is 32.1. The number of hydrogen-bond donors (Lipinski definition) is 1. The first-order valence-electron chi connectivity index (χ1n) is 4.47. The number of thiophene rings is 1. The Morgan fingerprint density at radius 1 is 1.13 bits per heavy atom. The van der Waals surface area contributed by atoms with E-state index in [1.807, 2.05) is 29.6 Å². The van der Waals surface area contributed by atoms with Gasteiger partial charge in [0.05, 0.1) is 9.58 Å². The molecule has 0 aliphatic carbocycles. The molecular formula is C11H7NOS2. The average Bonchev–Trinajstić information content (AvgIpc) is 2.86. The molecular weight excluding hydrogens is 226 g/mol. The van der Waals surface area contributed by atoms with Crippen molar-refractivity contribution >= 4 is 32.9 Å². The number of fused-ring (bicyclic) bond motifs is 1. The molecule has 0 saturated carbocycles. The predicted molar refractivity (Wildman–Crippen MR) is 64.6 cm³/mol. The second-order valence-electron chi connectivity index (χ2n) is 3.12. The lowest BCUT2D eigenvalue weighted by molar-refractivity contribution is 0.480. The van der Waals surface area contributed by atoms with Gasteiger partial charge in [-0.1, -0.05) is 12.1 Å². The van der Waals surface area contributed by atoms with E-state index in [-0.39, 0.29) is 5.75 Å². The van der Waals surface area contributed by atoms with Crippen molar-refractivity contribution in [1.82, 2.24) is 4.98 Å². The number of benzene rings is 1. The second-order valence-corrected chi connectivity index (χ2v) is 5.10. The number of phenols is 1. The maximum atomic E-state index is 9.63. The summed E-state index contributed by atoms with van der Waals surface area (Å²) in [6, 6.07) is 9.53. The van der Waals surface area contributed by atoms with Crippen molar-refractivity contribution in [2.24, 2.45) is 0 Å². The minimum Gasteiger partial charge on any atom is -0.506 e. The topological polar surface area (TPSA) is 33.1 Å². The molecule has 0 atom stereocenters. The largest absolute Gasteiger partial charge is 0.506 e. The van der Waals surface area contributed by atoms with Crippen LogP contribution >= 0.6 is 22.7 Å². The Labute approximate surface area is 94.5 Å². The molecule has 2 aromatic heterocycles. The van der Waals surface area contributed by atoms with Gasteiger partial charge in [0.15, 0.2) is 0 Å². The Hall–Kier alpha value is -1.39. The zero-order chi connectivity index (χ0) is 10.3. The van der Waals surface area contributed by atoms with Crippen molar-refractivity contribution in [1.29, 1.82) is 0 Å². The average molecular weight is 233 g/mol. The Morgan fingerprint density at radius 2 is 2.07 bits per heavy atom. The number of aromatic hydroxyl groups is 1. The van der Waals surface area contributed by atoms with E-state index in [2.05, 4.69) is 4.98 Å². The van der Waals surface area contributed by atoms with E-state index in [0.717, 1.165) is 14.6 Å². The summed E-state index contributed by atoms with van der Waals surface area (Å²) < 4.78 is 1.03. The van der Waals surface area contributed by atoms with Crippen molar-refractivity contribution in [3.63, 3.8) is 0 Å². The normalized spacial score (nSPS) is 10.9. The SMILES string of the molecule is Oc1cccc2sc(-c3cccs3)nc12. The van der Waals surface area contributed by atoms with Crippen LogP contribution in [0, 0.1) is 0 Å². The minimum absolute atomic E-state index is 0.256. The number of rotatable bonds is 1. The standard InChI is InChI=1S/C11H7NOS2/c13-7-3-1-4-8-10(7)12-11(15-8)9-5-2-6-14-9/h1-6,13H. The Morgan fingerprint density at radius 3 is 2.80 bits per heavy atom. The number of nitrogens with zero attached hydrogens (tertiary/aromatic N) is 1. The number of aromatic nitrogens is 1. The zero-order valence-corrected chi connectivity index (χ0v) is 9.31. The molecule has 2 heterocycles. The Bertz CT molecular complexity index is 598. The van der Waals surface area contributed by atoms with Crippen LogP contribution in [0.5, 0.6) is 5.75 Å². The summed E-state index contributed by atoms with van der Waals surface area (Å²) in [6.07, 6.45) is 0. The van der Waals surface area contributed by atoms with Crippen LogP contribution in [0.3, 0.4) is 0 Å². The van der Waals surface area contributed by atoms with Gasteiger partial charge in [0.1, 0.15) is 16.3 Å². The van der Waals surface area contributed by atoms with Crippen LogP contribution in [0.4, 0.5) is 0 Å². The monoisotopic (exact) mass is 233 g/mol. The van der Waals surface area contributed by atoms with E-state index in [4.69, 9.17) is 0 Å². The summed E-state index contributed by atoms with van der Waals surface area (Å²) in [5.41, 5.74) is 0.700. The Balaban J connectivity index is 2.27. The number of thiazole rings is 1. The van der Waals surface area contributed by atoms with Crippen LogP contribution in [-0.4, -0.2) is 10.1 Å². The lowest BCUT2D eigenvalue weighted by Crippen LogP contribution is -1.70. The highest BCUT2D eigenvalue weighted by molar-refractivity contribution is 7.25. The molecule has 0 aliphatic heterocycles. The predicted octanol–water partition coefficient (Wildman–Crippen LogP) is 3.73. The van der Waals surface area contributed by atoms with Gasteiger partial charge in [-0.3, -0.25) is 0 Å². The summed E-state index contributed by atoms with van der Waals surface area (Å²) >= 11 is 3.27. The number of para-hydroxylation sites is 1. The van der Waals surface area contributed by atoms with Gasteiger partial charge >= 0.3 is 0 Å². The van der Waals surface area contributed by atoms with Crippen molar-refractivity contribution < 1.29 is 5.11 Å². The third-order valence-corrected chi connectivity index (χ3v) is 4.19. The molecule has 15 heavy (non-hydrogen) atoms. The van der Waals surface area contributed by atoms with Crippen LogP contribution in [0.1, 0.15) is 0 Å². The van der Waals surface area contributed by atoms with Crippen LogP contribution in [0.2, 0.25) is 0 Å². The van der Waals surface area contributed by atoms with Crippen LogP contribution in [0.15, 0.2) is 35.7 Å². The summed E-state index contributed by atoms with van der Waals surface area (Å²) in [6.45, 7) is 0. The van der Waals surface area contributed by atoms with Gasteiger partial charge in [-0.05, 0) is 23.6 Å². The molecule has 0 bridgehead atoms. The fourth-order valence-electron chi connectivity index (χ4n) is 1.44. The van der Waals surface area contributed by atoms with E-state index < -0.39 is 0 Å². The first-order valence-corrected chi connectivity index (χ1v) is 6.16.